The Balaban J connectivity index is 1.45. The van der Waals surface area contributed by atoms with Gasteiger partial charge in [-0.15, -0.1) is 0 Å². The molecule has 1 aromatic carbocycles. The van der Waals surface area contributed by atoms with Crippen molar-refractivity contribution in [3.8, 4) is 11.3 Å². The predicted molar refractivity (Wildman–Crippen MR) is 111 cm³/mol. The first-order valence-corrected chi connectivity index (χ1v) is 9.72. The zero-order chi connectivity index (χ0) is 21.4. The van der Waals surface area contributed by atoms with Crippen LogP contribution in [0.1, 0.15) is 28.4 Å². The van der Waals surface area contributed by atoms with Crippen molar-refractivity contribution in [3.05, 3.63) is 72.1 Å². The highest BCUT2D eigenvalue weighted by Crippen LogP contribution is 2.27. The van der Waals surface area contributed by atoms with Crippen LogP contribution >= 0.6 is 0 Å². The van der Waals surface area contributed by atoms with Gasteiger partial charge in [-0.2, -0.15) is 0 Å². The smallest absolute Gasteiger partial charge is 0.293 e. The van der Waals surface area contributed by atoms with Gasteiger partial charge in [-0.25, -0.2) is 19.3 Å². The molecule has 4 heterocycles. The number of amides is 1. The topological polar surface area (TPSA) is 94.6 Å². The molecule has 156 valence electrons. The lowest BCUT2D eigenvalue weighted by Crippen LogP contribution is -2.11. The van der Waals surface area contributed by atoms with E-state index in [1.807, 2.05) is 12.3 Å². The zero-order valence-corrected chi connectivity index (χ0v) is 16.6. The number of anilines is 1. The highest BCUT2D eigenvalue weighted by molar-refractivity contribution is 6.02. The maximum atomic E-state index is 14.6. The summed E-state index contributed by atoms with van der Waals surface area (Å²) in [5.41, 5.74) is 3.21. The van der Waals surface area contributed by atoms with E-state index in [-0.39, 0.29) is 11.3 Å². The summed E-state index contributed by atoms with van der Waals surface area (Å²) in [6.07, 6.45) is 9.59. The maximum absolute atomic E-state index is 14.6. The number of rotatable bonds is 4. The molecule has 1 aliphatic heterocycles. The minimum Gasteiger partial charge on any atom is -0.436 e. The lowest BCUT2D eigenvalue weighted by Gasteiger charge is -2.13. The lowest BCUT2D eigenvalue weighted by molar-refractivity contribution is 0.0995. The molecule has 1 amide bonds. The number of aryl methyl sites for hydroxylation is 1. The summed E-state index contributed by atoms with van der Waals surface area (Å²) in [5, 5.41) is 2.69. The lowest BCUT2D eigenvalue weighted by atomic mass is 10.1. The van der Waals surface area contributed by atoms with E-state index in [0.29, 0.717) is 36.3 Å². The summed E-state index contributed by atoms with van der Waals surface area (Å²) >= 11 is 0. The molecule has 3 aromatic heterocycles. The Hall–Kier alpha value is -3.85. The van der Waals surface area contributed by atoms with Gasteiger partial charge >= 0.3 is 0 Å². The highest BCUT2D eigenvalue weighted by Gasteiger charge is 2.16. The predicted octanol–water partition coefficient (Wildman–Crippen LogP) is 3.89. The molecule has 0 atom stereocenters. The number of nitrogens with zero attached hydrogens (tertiary/aromatic N) is 4. The van der Waals surface area contributed by atoms with Crippen LogP contribution in [0.2, 0.25) is 0 Å². The third-order valence-electron chi connectivity index (χ3n) is 4.99. The molecule has 0 saturated heterocycles. The fourth-order valence-corrected chi connectivity index (χ4v) is 3.43. The first kappa shape index (κ1) is 19.1. The van der Waals surface area contributed by atoms with Gasteiger partial charge in [0.1, 0.15) is 5.82 Å². The normalized spacial score (nSPS) is 13.9. The fraction of sp³-hybridized carbons (Fsp3) is 0.182. The minimum atomic E-state index is -0.468. The van der Waals surface area contributed by atoms with Crippen LogP contribution < -0.4 is 5.32 Å². The Morgan fingerprint density at radius 3 is 2.90 bits per heavy atom. The number of fused-ring (bicyclic) bond motifs is 1. The van der Waals surface area contributed by atoms with Crippen molar-refractivity contribution in [2.75, 3.05) is 18.5 Å². The number of hydrogen-bond acceptors (Lipinski definition) is 6. The number of oxazole rings is 1. The Bertz CT molecular complexity index is 1320. The van der Waals surface area contributed by atoms with Crippen molar-refractivity contribution in [2.24, 2.45) is 0 Å². The summed E-state index contributed by atoms with van der Waals surface area (Å²) < 4.78 is 26.9. The van der Waals surface area contributed by atoms with Gasteiger partial charge in [-0.1, -0.05) is 6.08 Å². The molecule has 5 rings (SSSR count). The maximum Gasteiger partial charge on any atom is 0.293 e. The number of aromatic nitrogens is 4. The molecule has 0 unspecified atom stereocenters. The average Bonchev–Trinajstić information content (AvgIpc) is 3.41. The van der Waals surface area contributed by atoms with Gasteiger partial charge in [0.05, 0.1) is 25.1 Å². The Morgan fingerprint density at radius 2 is 2.13 bits per heavy atom. The zero-order valence-electron chi connectivity index (χ0n) is 16.6. The third-order valence-corrected chi connectivity index (χ3v) is 4.99. The highest BCUT2D eigenvalue weighted by atomic mass is 19.1. The molecule has 4 aromatic rings. The summed E-state index contributed by atoms with van der Waals surface area (Å²) in [5.74, 6) is -0.000790. The van der Waals surface area contributed by atoms with E-state index < -0.39 is 11.7 Å². The Morgan fingerprint density at radius 1 is 1.23 bits per heavy atom. The molecule has 31 heavy (non-hydrogen) atoms. The molecule has 1 N–H and O–H groups in total. The van der Waals surface area contributed by atoms with E-state index in [0.717, 1.165) is 17.6 Å². The van der Waals surface area contributed by atoms with Gasteiger partial charge in [-0.3, -0.25) is 9.20 Å². The average molecular weight is 419 g/mol. The van der Waals surface area contributed by atoms with Gasteiger partial charge in [0, 0.05) is 42.3 Å². The Labute approximate surface area is 176 Å². The van der Waals surface area contributed by atoms with Crippen molar-refractivity contribution in [1.82, 2.24) is 19.4 Å². The van der Waals surface area contributed by atoms with Crippen LogP contribution in [0.15, 0.2) is 53.5 Å². The quantitative estimate of drug-likeness (QED) is 0.539. The number of carbonyl (C=O) groups excluding carboxylic acids is 1. The van der Waals surface area contributed by atoms with Crippen LogP contribution in [0.4, 0.5) is 10.1 Å². The molecule has 0 aliphatic carbocycles. The second kappa shape index (κ2) is 7.77. The number of halogens is 1. The number of nitrogens with one attached hydrogen (secondary N) is 1. The van der Waals surface area contributed by atoms with Crippen LogP contribution in [0.3, 0.4) is 0 Å². The molecule has 0 fully saturated rings. The monoisotopic (exact) mass is 419 g/mol. The van der Waals surface area contributed by atoms with Crippen LogP contribution in [-0.4, -0.2) is 38.5 Å². The second-order valence-electron chi connectivity index (χ2n) is 7.12. The molecule has 8 nitrogen and oxygen atoms in total. The van der Waals surface area contributed by atoms with Crippen LogP contribution in [0.5, 0.6) is 0 Å². The van der Waals surface area contributed by atoms with E-state index in [1.54, 1.807) is 23.7 Å². The first-order chi connectivity index (χ1) is 15.1. The number of ether oxygens (including phenoxy) is 1. The van der Waals surface area contributed by atoms with Crippen molar-refractivity contribution in [2.45, 2.75) is 13.3 Å². The standard InChI is InChI=1S/C22H18FN5O3/c1-13-24-10-20(31-13)21(29)26-16-2-3-18(23)17(8-16)19-12-28-11-15(9-25-22(28)27-19)14-4-6-30-7-5-14/h2-4,8-12H,5-7H2,1H3,(H,26,29). The number of benzene rings is 1. The molecular weight excluding hydrogens is 401 g/mol. The molecule has 0 radical (unpaired) electrons. The number of hydrogen-bond donors (Lipinski definition) is 1. The Kier molecular flexibility index (Phi) is 4.79. The second-order valence-corrected chi connectivity index (χ2v) is 7.12. The van der Waals surface area contributed by atoms with E-state index in [4.69, 9.17) is 9.15 Å². The summed E-state index contributed by atoms with van der Waals surface area (Å²) in [4.78, 5) is 25.1. The number of imidazole rings is 1. The fourth-order valence-electron chi connectivity index (χ4n) is 3.43. The van der Waals surface area contributed by atoms with Crippen molar-refractivity contribution in [1.29, 1.82) is 0 Å². The van der Waals surface area contributed by atoms with Gasteiger partial charge < -0.3 is 14.5 Å². The molecular formula is C22H18FN5O3. The summed E-state index contributed by atoms with van der Waals surface area (Å²) in [7, 11) is 0. The van der Waals surface area contributed by atoms with E-state index in [1.165, 1.54) is 24.4 Å². The minimum absolute atomic E-state index is 0.0789. The van der Waals surface area contributed by atoms with Crippen molar-refractivity contribution in [3.63, 3.8) is 0 Å². The van der Waals surface area contributed by atoms with Gasteiger partial charge in [0.2, 0.25) is 11.5 Å². The van der Waals surface area contributed by atoms with Crippen LogP contribution in [0.25, 0.3) is 22.6 Å². The largest absolute Gasteiger partial charge is 0.436 e. The first-order valence-electron chi connectivity index (χ1n) is 9.72. The third kappa shape index (κ3) is 3.82. The molecule has 0 spiro atoms. The van der Waals surface area contributed by atoms with Gasteiger partial charge in [0.25, 0.3) is 5.91 Å². The van der Waals surface area contributed by atoms with Crippen molar-refractivity contribution >= 4 is 22.9 Å². The molecule has 9 heteroatoms. The summed E-state index contributed by atoms with van der Waals surface area (Å²) in [6.45, 7) is 2.91. The molecule has 0 bridgehead atoms. The SMILES string of the molecule is Cc1ncc(C(=O)Nc2ccc(F)c(-c3cn4cc(C5=CCOCC5)cnc4n3)c2)o1. The van der Waals surface area contributed by atoms with Gasteiger partial charge in [0.15, 0.2) is 5.89 Å². The van der Waals surface area contributed by atoms with E-state index in [2.05, 4.69) is 20.3 Å². The number of carbonyl (C=O) groups is 1. The summed E-state index contributed by atoms with van der Waals surface area (Å²) in [6, 6.07) is 4.29. The molecule has 1 aliphatic rings. The molecule has 0 saturated carbocycles. The van der Waals surface area contributed by atoms with Gasteiger partial charge in [-0.05, 0) is 30.2 Å². The van der Waals surface area contributed by atoms with Crippen molar-refractivity contribution < 1.29 is 18.3 Å². The van der Waals surface area contributed by atoms with E-state index >= 15 is 0 Å². The van der Waals surface area contributed by atoms with Crippen LogP contribution in [0, 0.1) is 12.7 Å². The van der Waals surface area contributed by atoms with Crippen LogP contribution in [-0.2, 0) is 4.74 Å². The van der Waals surface area contributed by atoms with E-state index in [9.17, 15) is 9.18 Å².